The van der Waals surface area contributed by atoms with Crippen molar-refractivity contribution in [1.29, 1.82) is 0 Å². The van der Waals surface area contributed by atoms with Gasteiger partial charge in [-0.1, -0.05) is 6.92 Å². The van der Waals surface area contributed by atoms with E-state index in [0.29, 0.717) is 12.1 Å². The van der Waals surface area contributed by atoms with Crippen LogP contribution in [-0.4, -0.2) is 48.5 Å². The van der Waals surface area contributed by atoms with Crippen molar-refractivity contribution in [2.45, 2.75) is 64.1 Å². The van der Waals surface area contributed by atoms with Crippen LogP contribution in [0.4, 0.5) is 0 Å². The second kappa shape index (κ2) is 6.36. The van der Waals surface area contributed by atoms with Gasteiger partial charge in [-0.2, -0.15) is 0 Å². The zero-order valence-corrected chi connectivity index (χ0v) is 12.1. The predicted octanol–water partition coefficient (Wildman–Crippen LogP) is 2.28. The van der Waals surface area contributed by atoms with E-state index in [9.17, 15) is 5.11 Å². The van der Waals surface area contributed by atoms with E-state index in [4.69, 9.17) is 4.74 Å². The highest BCUT2D eigenvalue weighted by Crippen LogP contribution is 2.38. The van der Waals surface area contributed by atoms with Crippen molar-refractivity contribution < 1.29 is 9.84 Å². The summed E-state index contributed by atoms with van der Waals surface area (Å²) in [4.78, 5) is 2.53. The number of hydrogen-bond acceptors (Lipinski definition) is 3. The molecule has 0 aromatic heterocycles. The van der Waals surface area contributed by atoms with Crippen LogP contribution in [0.2, 0.25) is 0 Å². The van der Waals surface area contributed by atoms with Crippen molar-refractivity contribution in [2.24, 2.45) is 11.8 Å². The van der Waals surface area contributed by atoms with Gasteiger partial charge in [-0.15, -0.1) is 0 Å². The largest absolute Gasteiger partial charge is 0.391 e. The van der Waals surface area contributed by atoms with E-state index in [1.165, 1.54) is 19.3 Å². The Hall–Kier alpha value is -0.120. The van der Waals surface area contributed by atoms with Crippen LogP contribution in [0, 0.1) is 11.8 Å². The number of hydrogen-bond donors (Lipinski definition) is 1. The first-order valence-corrected chi connectivity index (χ1v) is 7.56. The van der Waals surface area contributed by atoms with Crippen molar-refractivity contribution in [3.8, 4) is 0 Å². The highest BCUT2D eigenvalue weighted by atomic mass is 16.5. The van der Waals surface area contributed by atoms with Crippen LogP contribution in [0.3, 0.4) is 0 Å². The Bertz CT molecular complexity index is 255. The van der Waals surface area contributed by atoms with Crippen LogP contribution in [-0.2, 0) is 4.74 Å². The van der Waals surface area contributed by atoms with Crippen LogP contribution < -0.4 is 0 Å². The number of nitrogens with zero attached hydrogens (tertiary/aromatic N) is 1. The van der Waals surface area contributed by atoms with Gasteiger partial charge in [0.15, 0.2) is 0 Å². The van der Waals surface area contributed by atoms with Gasteiger partial charge >= 0.3 is 0 Å². The first-order valence-electron chi connectivity index (χ1n) is 7.56. The summed E-state index contributed by atoms with van der Waals surface area (Å²) in [5.74, 6) is 1.60. The molecular weight excluding hydrogens is 226 g/mol. The molecule has 4 unspecified atom stereocenters. The van der Waals surface area contributed by atoms with Gasteiger partial charge in [0.1, 0.15) is 0 Å². The standard InChI is InChI=1S/C15H29NO2/c1-11-4-7-15(17)14(10-11)16(8-9-18-3)12(2)13-5-6-13/h11-15,17H,4-10H2,1-3H3. The molecule has 0 aromatic rings. The second-order valence-corrected chi connectivity index (χ2v) is 6.36. The highest BCUT2D eigenvalue weighted by molar-refractivity contribution is 4.93. The minimum Gasteiger partial charge on any atom is -0.391 e. The highest BCUT2D eigenvalue weighted by Gasteiger charge is 2.39. The monoisotopic (exact) mass is 255 g/mol. The SMILES string of the molecule is COCCN(C(C)C1CC1)C1CC(C)CCC1O. The van der Waals surface area contributed by atoms with Crippen molar-refractivity contribution in [2.75, 3.05) is 20.3 Å². The maximum absolute atomic E-state index is 10.3. The Balaban J connectivity index is 2.00. The molecule has 0 saturated heterocycles. The van der Waals surface area contributed by atoms with Gasteiger partial charge in [0.2, 0.25) is 0 Å². The molecule has 0 aliphatic heterocycles. The van der Waals surface area contributed by atoms with Gasteiger partial charge in [0.25, 0.3) is 0 Å². The molecule has 2 aliphatic carbocycles. The van der Waals surface area contributed by atoms with E-state index >= 15 is 0 Å². The van der Waals surface area contributed by atoms with Crippen molar-refractivity contribution >= 4 is 0 Å². The predicted molar refractivity (Wildman–Crippen MR) is 73.6 cm³/mol. The van der Waals surface area contributed by atoms with E-state index < -0.39 is 0 Å². The molecule has 2 aliphatic rings. The molecule has 106 valence electrons. The lowest BCUT2D eigenvalue weighted by Crippen LogP contribution is -2.52. The average Bonchev–Trinajstić information content (AvgIpc) is 3.17. The van der Waals surface area contributed by atoms with Crippen LogP contribution >= 0.6 is 0 Å². The topological polar surface area (TPSA) is 32.7 Å². The number of aliphatic hydroxyl groups excluding tert-OH is 1. The van der Waals surface area contributed by atoms with Crippen LogP contribution in [0.15, 0.2) is 0 Å². The molecule has 0 heterocycles. The maximum atomic E-state index is 10.3. The lowest BCUT2D eigenvalue weighted by molar-refractivity contribution is -0.0246. The summed E-state index contributed by atoms with van der Waals surface area (Å²) in [5.41, 5.74) is 0. The number of aliphatic hydroxyl groups is 1. The van der Waals surface area contributed by atoms with Gasteiger partial charge < -0.3 is 9.84 Å². The van der Waals surface area contributed by atoms with Crippen LogP contribution in [0.1, 0.15) is 46.0 Å². The molecule has 0 bridgehead atoms. The van der Waals surface area contributed by atoms with Gasteiger partial charge in [-0.3, -0.25) is 4.90 Å². The molecule has 0 spiro atoms. The third-order valence-electron chi connectivity index (χ3n) is 4.85. The average molecular weight is 255 g/mol. The number of methoxy groups -OCH3 is 1. The Morgan fingerprint density at radius 3 is 2.61 bits per heavy atom. The Morgan fingerprint density at radius 2 is 2.00 bits per heavy atom. The van der Waals surface area contributed by atoms with Crippen LogP contribution in [0.25, 0.3) is 0 Å². The Kier molecular flexibility index (Phi) is 5.05. The summed E-state index contributed by atoms with van der Waals surface area (Å²) < 4.78 is 5.25. The van der Waals surface area contributed by atoms with Gasteiger partial charge in [0, 0.05) is 25.7 Å². The number of rotatable bonds is 6. The Morgan fingerprint density at radius 1 is 1.28 bits per heavy atom. The molecule has 0 amide bonds. The van der Waals surface area contributed by atoms with Gasteiger partial charge in [-0.25, -0.2) is 0 Å². The molecule has 0 aromatic carbocycles. The van der Waals surface area contributed by atoms with E-state index in [2.05, 4.69) is 18.7 Å². The first kappa shape index (κ1) is 14.3. The molecule has 2 saturated carbocycles. The van der Waals surface area contributed by atoms with E-state index in [0.717, 1.165) is 37.8 Å². The third-order valence-corrected chi connectivity index (χ3v) is 4.85. The fraction of sp³-hybridized carbons (Fsp3) is 1.00. The van der Waals surface area contributed by atoms with Crippen LogP contribution in [0.5, 0.6) is 0 Å². The normalized spacial score (nSPS) is 34.8. The second-order valence-electron chi connectivity index (χ2n) is 6.36. The van der Waals surface area contributed by atoms with E-state index in [1.54, 1.807) is 7.11 Å². The summed E-state index contributed by atoms with van der Waals surface area (Å²) in [6.45, 7) is 6.38. The fourth-order valence-electron chi connectivity index (χ4n) is 3.41. The summed E-state index contributed by atoms with van der Waals surface area (Å²) >= 11 is 0. The molecule has 4 atom stereocenters. The van der Waals surface area contributed by atoms with E-state index in [1.807, 2.05) is 0 Å². The molecular formula is C15H29NO2. The van der Waals surface area contributed by atoms with Crippen molar-refractivity contribution in [1.82, 2.24) is 4.90 Å². The molecule has 18 heavy (non-hydrogen) atoms. The zero-order chi connectivity index (χ0) is 13.1. The Labute approximate surface area is 112 Å². The van der Waals surface area contributed by atoms with Gasteiger partial charge in [0.05, 0.1) is 12.7 Å². The minimum absolute atomic E-state index is 0.140. The molecule has 1 N–H and O–H groups in total. The molecule has 0 radical (unpaired) electrons. The quantitative estimate of drug-likeness (QED) is 0.790. The van der Waals surface area contributed by atoms with Crippen molar-refractivity contribution in [3.63, 3.8) is 0 Å². The smallest absolute Gasteiger partial charge is 0.0695 e. The summed E-state index contributed by atoms with van der Waals surface area (Å²) in [7, 11) is 1.76. The van der Waals surface area contributed by atoms with E-state index in [-0.39, 0.29) is 6.10 Å². The molecule has 3 heteroatoms. The fourth-order valence-corrected chi connectivity index (χ4v) is 3.41. The molecule has 2 fully saturated rings. The van der Waals surface area contributed by atoms with Gasteiger partial charge in [-0.05, 0) is 50.9 Å². The summed E-state index contributed by atoms with van der Waals surface area (Å²) in [5, 5.41) is 10.3. The molecule has 2 rings (SSSR count). The first-order chi connectivity index (χ1) is 8.63. The number of ether oxygens (including phenoxy) is 1. The zero-order valence-electron chi connectivity index (χ0n) is 12.1. The summed E-state index contributed by atoms with van der Waals surface area (Å²) in [6, 6.07) is 0.949. The maximum Gasteiger partial charge on any atom is 0.0695 e. The summed E-state index contributed by atoms with van der Waals surface area (Å²) in [6.07, 6.45) is 5.87. The lowest BCUT2D eigenvalue weighted by atomic mass is 9.83. The lowest BCUT2D eigenvalue weighted by Gasteiger charge is -2.43. The third kappa shape index (κ3) is 3.46. The van der Waals surface area contributed by atoms with Crippen molar-refractivity contribution in [3.05, 3.63) is 0 Å². The molecule has 3 nitrogen and oxygen atoms in total. The minimum atomic E-state index is -0.140.